The van der Waals surface area contributed by atoms with Gasteiger partial charge in [0.05, 0.1) is 5.69 Å². The SMILES string of the molecule is CN1CCCC(N(C)S(=O)(=O)c2ncccc2NN)C1. The van der Waals surface area contributed by atoms with Crippen LogP contribution in [0.2, 0.25) is 0 Å². The van der Waals surface area contributed by atoms with Crippen molar-refractivity contribution in [2.45, 2.75) is 23.9 Å². The lowest BCUT2D eigenvalue weighted by molar-refractivity contribution is 0.187. The van der Waals surface area contributed by atoms with Crippen LogP contribution < -0.4 is 11.3 Å². The van der Waals surface area contributed by atoms with Crippen LogP contribution in [0.4, 0.5) is 5.69 Å². The Morgan fingerprint density at radius 1 is 1.55 bits per heavy atom. The number of sulfonamides is 1. The first-order valence-corrected chi connectivity index (χ1v) is 7.99. The van der Waals surface area contributed by atoms with Gasteiger partial charge in [-0.25, -0.2) is 13.4 Å². The number of aromatic nitrogens is 1. The van der Waals surface area contributed by atoms with Gasteiger partial charge in [0.2, 0.25) is 0 Å². The summed E-state index contributed by atoms with van der Waals surface area (Å²) < 4.78 is 26.7. The molecular formula is C12H21N5O2S. The Labute approximate surface area is 119 Å². The van der Waals surface area contributed by atoms with Crippen molar-refractivity contribution in [3.63, 3.8) is 0 Å². The van der Waals surface area contributed by atoms with Crippen molar-refractivity contribution in [2.24, 2.45) is 5.84 Å². The summed E-state index contributed by atoms with van der Waals surface area (Å²) in [6.45, 7) is 1.73. The van der Waals surface area contributed by atoms with Crippen LogP contribution in [0.1, 0.15) is 12.8 Å². The van der Waals surface area contributed by atoms with Crippen molar-refractivity contribution < 1.29 is 8.42 Å². The standard InChI is InChI=1S/C12H21N5O2S/c1-16-8-4-5-10(9-16)17(2)20(18,19)12-11(15-13)6-3-7-14-12/h3,6-7,10,15H,4-5,8-9,13H2,1-2H3. The molecule has 1 saturated heterocycles. The number of piperidine rings is 1. The van der Waals surface area contributed by atoms with E-state index >= 15 is 0 Å². The topological polar surface area (TPSA) is 91.6 Å². The molecule has 1 aliphatic heterocycles. The highest BCUT2D eigenvalue weighted by molar-refractivity contribution is 7.89. The minimum atomic E-state index is -3.65. The predicted molar refractivity (Wildman–Crippen MR) is 77.5 cm³/mol. The average molecular weight is 299 g/mol. The van der Waals surface area contributed by atoms with Crippen LogP contribution >= 0.6 is 0 Å². The Bertz CT molecular complexity index is 563. The van der Waals surface area contributed by atoms with Crippen LogP contribution in [-0.2, 0) is 10.0 Å². The Kier molecular flexibility index (Phi) is 4.59. The normalized spacial score (nSPS) is 21.1. The zero-order valence-electron chi connectivity index (χ0n) is 11.8. The number of hydrazine groups is 1. The summed E-state index contributed by atoms with van der Waals surface area (Å²) in [5.74, 6) is 5.37. The lowest BCUT2D eigenvalue weighted by Crippen LogP contribution is -2.47. The first kappa shape index (κ1) is 15.2. The molecule has 2 heterocycles. The van der Waals surface area contributed by atoms with Crippen LogP contribution in [0.3, 0.4) is 0 Å². The fourth-order valence-corrected chi connectivity index (χ4v) is 3.91. The minimum Gasteiger partial charge on any atom is -0.321 e. The summed E-state index contributed by atoms with van der Waals surface area (Å²) >= 11 is 0. The second-order valence-corrected chi connectivity index (χ2v) is 6.99. The molecule has 1 aromatic heterocycles. The molecule has 0 bridgehead atoms. The summed E-state index contributed by atoms with van der Waals surface area (Å²) in [5, 5.41) is -0.0294. The molecule has 0 saturated carbocycles. The van der Waals surface area contributed by atoms with E-state index in [1.54, 1.807) is 19.2 Å². The molecule has 1 aliphatic rings. The minimum absolute atomic E-state index is 0.0294. The van der Waals surface area contributed by atoms with Crippen molar-refractivity contribution in [3.05, 3.63) is 18.3 Å². The van der Waals surface area contributed by atoms with Crippen molar-refractivity contribution in [1.29, 1.82) is 0 Å². The fraction of sp³-hybridized carbons (Fsp3) is 0.583. The Morgan fingerprint density at radius 3 is 2.95 bits per heavy atom. The average Bonchev–Trinajstić information content (AvgIpc) is 2.46. The molecule has 0 amide bonds. The van der Waals surface area contributed by atoms with Gasteiger partial charge >= 0.3 is 0 Å². The monoisotopic (exact) mass is 299 g/mol. The van der Waals surface area contributed by atoms with E-state index in [9.17, 15) is 8.42 Å². The fourth-order valence-electron chi connectivity index (χ4n) is 2.47. The lowest BCUT2D eigenvalue weighted by atomic mass is 10.1. The molecule has 1 unspecified atom stereocenters. The molecule has 112 valence electrons. The largest absolute Gasteiger partial charge is 0.321 e. The number of likely N-dealkylation sites (N-methyl/N-ethyl adjacent to an activating group) is 2. The maximum Gasteiger partial charge on any atom is 0.262 e. The molecule has 0 aromatic carbocycles. The number of nitrogens with zero attached hydrogens (tertiary/aromatic N) is 3. The van der Waals surface area contributed by atoms with E-state index in [2.05, 4.69) is 15.3 Å². The Hall–Kier alpha value is -1.22. The Balaban J connectivity index is 2.29. The molecule has 0 radical (unpaired) electrons. The molecular weight excluding hydrogens is 278 g/mol. The first-order valence-electron chi connectivity index (χ1n) is 6.55. The van der Waals surface area contributed by atoms with Crippen molar-refractivity contribution in [1.82, 2.24) is 14.2 Å². The molecule has 1 aromatic rings. The molecule has 8 heteroatoms. The van der Waals surface area contributed by atoms with Gasteiger partial charge in [0.15, 0.2) is 5.03 Å². The van der Waals surface area contributed by atoms with Gasteiger partial charge in [-0.2, -0.15) is 4.31 Å². The second-order valence-electron chi connectivity index (χ2n) is 5.08. The number of hydrogen-bond acceptors (Lipinski definition) is 6. The van der Waals surface area contributed by atoms with Crippen LogP contribution in [-0.4, -0.2) is 55.8 Å². The highest BCUT2D eigenvalue weighted by Gasteiger charge is 2.32. The van der Waals surface area contributed by atoms with E-state index in [0.29, 0.717) is 5.69 Å². The van der Waals surface area contributed by atoms with E-state index in [4.69, 9.17) is 5.84 Å². The molecule has 0 aliphatic carbocycles. The van der Waals surface area contributed by atoms with Gasteiger partial charge in [0, 0.05) is 25.8 Å². The zero-order chi connectivity index (χ0) is 14.8. The highest BCUT2D eigenvalue weighted by Crippen LogP contribution is 2.24. The number of anilines is 1. The van der Waals surface area contributed by atoms with E-state index in [1.807, 2.05) is 7.05 Å². The summed E-state index contributed by atoms with van der Waals surface area (Å²) in [6, 6.07) is 3.20. The van der Waals surface area contributed by atoms with E-state index in [0.717, 1.165) is 25.9 Å². The molecule has 3 N–H and O–H groups in total. The summed E-state index contributed by atoms with van der Waals surface area (Å²) in [7, 11) is -0.0462. The Morgan fingerprint density at radius 2 is 2.30 bits per heavy atom. The molecule has 0 spiro atoms. The molecule has 7 nitrogen and oxygen atoms in total. The smallest absolute Gasteiger partial charge is 0.262 e. The third kappa shape index (κ3) is 2.93. The summed E-state index contributed by atoms with van der Waals surface area (Å²) in [6.07, 6.45) is 3.30. The third-order valence-corrected chi connectivity index (χ3v) is 5.53. The lowest BCUT2D eigenvalue weighted by Gasteiger charge is -2.35. The molecule has 20 heavy (non-hydrogen) atoms. The highest BCUT2D eigenvalue weighted by atomic mass is 32.2. The number of nitrogens with one attached hydrogen (secondary N) is 1. The maximum absolute atomic E-state index is 12.7. The summed E-state index contributed by atoms with van der Waals surface area (Å²) in [5.41, 5.74) is 2.70. The van der Waals surface area contributed by atoms with Crippen molar-refractivity contribution in [2.75, 3.05) is 32.6 Å². The van der Waals surface area contributed by atoms with E-state index < -0.39 is 10.0 Å². The maximum atomic E-state index is 12.7. The summed E-state index contributed by atoms with van der Waals surface area (Å²) in [4.78, 5) is 6.11. The number of nitrogen functional groups attached to an aromatic ring is 1. The van der Waals surface area contributed by atoms with Crippen LogP contribution in [0, 0.1) is 0 Å². The van der Waals surface area contributed by atoms with Crippen LogP contribution in [0.25, 0.3) is 0 Å². The number of likely N-dealkylation sites (tertiary alicyclic amines) is 1. The quantitative estimate of drug-likeness (QED) is 0.604. The van der Waals surface area contributed by atoms with Crippen LogP contribution in [0.5, 0.6) is 0 Å². The molecule has 1 fully saturated rings. The van der Waals surface area contributed by atoms with Gasteiger partial charge in [0.1, 0.15) is 0 Å². The van der Waals surface area contributed by atoms with Crippen LogP contribution in [0.15, 0.2) is 23.4 Å². The first-order chi connectivity index (χ1) is 9.46. The van der Waals surface area contributed by atoms with Gasteiger partial charge in [-0.1, -0.05) is 0 Å². The van der Waals surface area contributed by atoms with Crippen molar-refractivity contribution in [3.8, 4) is 0 Å². The van der Waals surface area contributed by atoms with Gasteiger partial charge in [0.25, 0.3) is 10.0 Å². The zero-order valence-corrected chi connectivity index (χ0v) is 12.6. The van der Waals surface area contributed by atoms with Gasteiger partial charge in [-0.3, -0.25) is 5.84 Å². The number of nitrogens with two attached hydrogens (primary N) is 1. The van der Waals surface area contributed by atoms with E-state index in [-0.39, 0.29) is 11.1 Å². The second kappa shape index (κ2) is 6.04. The third-order valence-electron chi connectivity index (χ3n) is 3.66. The predicted octanol–water partition coefficient (Wildman–Crippen LogP) is 0.0819. The van der Waals surface area contributed by atoms with Gasteiger partial charge in [-0.05, 0) is 38.6 Å². The number of rotatable bonds is 4. The van der Waals surface area contributed by atoms with Gasteiger partial charge < -0.3 is 10.3 Å². The van der Waals surface area contributed by atoms with E-state index in [1.165, 1.54) is 10.5 Å². The number of pyridine rings is 1. The number of hydrogen-bond donors (Lipinski definition) is 2. The van der Waals surface area contributed by atoms with Crippen molar-refractivity contribution >= 4 is 15.7 Å². The molecule has 2 rings (SSSR count). The van der Waals surface area contributed by atoms with Gasteiger partial charge in [-0.15, -0.1) is 0 Å². The molecule has 1 atom stereocenters.